The van der Waals surface area contributed by atoms with Gasteiger partial charge in [-0.2, -0.15) is 0 Å². The highest BCUT2D eigenvalue weighted by molar-refractivity contribution is 5.55. The molecule has 3 rings (SSSR count). The van der Waals surface area contributed by atoms with Crippen LogP contribution in [0, 0.1) is 13.5 Å². The monoisotopic (exact) mass is 289 g/mol. The number of benzene rings is 2. The average Bonchev–Trinajstić information content (AvgIpc) is 3.09. The van der Waals surface area contributed by atoms with E-state index in [4.69, 9.17) is 6.57 Å². The van der Waals surface area contributed by atoms with Gasteiger partial charge in [0.2, 0.25) is 0 Å². The average molecular weight is 289 g/mol. The summed E-state index contributed by atoms with van der Waals surface area (Å²) in [5.74, 6) is 0. The Hall–Kier alpha value is -3.13. The highest BCUT2D eigenvalue weighted by atomic mass is 15.6. The molecule has 108 valence electrons. The van der Waals surface area contributed by atoms with Crippen LogP contribution in [0.15, 0.2) is 61.2 Å². The van der Waals surface area contributed by atoms with E-state index in [1.54, 1.807) is 12.7 Å². The van der Waals surface area contributed by atoms with E-state index in [2.05, 4.69) is 51.2 Å². The Labute approximate surface area is 129 Å². The fourth-order valence-corrected chi connectivity index (χ4v) is 2.19. The molecule has 1 aromatic heterocycles. The van der Waals surface area contributed by atoms with E-state index in [1.165, 1.54) is 11.1 Å². The number of hydrogen-bond acceptors (Lipinski definition) is 3. The van der Waals surface area contributed by atoms with Crippen molar-refractivity contribution in [2.45, 2.75) is 13.5 Å². The second-order valence-corrected chi connectivity index (χ2v) is 5.01. The van der Waals surface area contributed by atoms with Gasteiger partial charge < -0.3 is 0 Å². The minimum Gasteiger partial charge on any atom is -0.275 e. The Morgan fingerprint density at radius 3 is 2.23 bits per heavy atom. The maximum absolute atomic E-state index is 7.05. The van der Waals surface area contributed by atoms with Crippen molar-refractivity contribution >= 4 is 11.4 Å². The summed E-state index contributed by atoms with van der Waals surface area (Å²) in [5, 5.41) is 9.82. The number of rotatable bonds is 4. The minimum absolute atomic E-state index is 0.628. The van der Waals surface area contributed by atoms with Crippen LogP contribution in [0.1, 0.15) is 11.1 Å². The Kier molecular flexibility index (Phi) is 3.84. The quantitative estimate of drug-likeness (QED) is 0.689. The van der Waals surface area contributed by atoms with Crippen LogP contribution in [-0.2, 0) is 6.54 Å². The van der Waals surface area contributed by atoms with Crippen molar-refractivity contribution in [2.24, 2.45) is 0 Å². The summed E-state index contributed by atoms with van der Waals surface area (Å²) in [6, 6.07) is 15.9. The zero-order valence-electron chi connectivity index (χ0n) is 12.2. The van der Waals surface area contributed by atoms with Crippen LogP contribution in [0.3, 0.4) is 0 Å². The van der Waals surface area contributed by atoms with Gasteiger partial charge in [-0.3, -0.25) is 5.01 Å². The number of aryl methyl sites for hydroxylation is 1. The summed E-state index contributed by atoms with van der Waals surface area (Å²) in [6.45, 7) is 9.81. The number of anilines is 1. The molecule has 0 N–H and O–H groups in total. The molecule has 0 aliphatic heterocycles. The maximum atomic E-state index is 7.05. The van der Waals surface area contributed by atoms with Crippen molar-refractivity contribution in [3.8, 4) is 0 Å². The van der Waals surface area contributed by atoms with Gasteiger partial charge in [0.1, 0.15) is 12.7 Å². The third kappa shape index (κ3) is 2.96. The Balaban J connectivity index is 1.93. The van der Waals surface area contributed by atoms with Crippen molar-refractivity contribution in [2.75, 3.05) is 5.01 Å². The van der Waals surface area contributed by atoms with Gasteiger partial charge in [-0.05, 0) is 24.6 Å². The van der Waals surface area contributed by atoms with E-state index in [0.717, 1.165) is 5.69 Å². The lowest BCUT2D eigenvalue weighted by Crippen LogP contribution is -2.27. The Morgan fingerprint density at radius 1 is 1.00 bits per heavy atom. The molecule has 0 atom stereocenters. The maximum Gasteiger partial charge on any atom is 0.187 e. The lowest BCUT2D eigenvalue weighted by molar-refractivity contribution is 0.686. The van der Waals surface area contributed by atoms with Gasteiger partial charge in [0.15, 0.2) is 5.69 Å². The summed E-state index contributed by atoms with van der Waals surface area (Å²) in [4.78, 5) is 3.43. The summed E-state index contributed by atoms with van der Waals surface area (Å²) < 4.78 is 1.84. The van der Waals surface area contributed by atoms with Crippen molar-refractivity contribution in [3.63, 3.8) is 0 Å². The highest BCUT2D eigenvalue weighted by Crippen LogP contribution is 2.22. The number of aromatic nitrogens is 3. The third-order valence-corrected chi connectivity index (χ3v) is 3.42. The SMILES string of the molecule is [C-]#[N+]c1ccc(N(Cc2ccc(C)cc2)n2cnnc2)cc1. The minimum atomic E-state index is 0.628. The molecule has 1 heterocycles. The second-order valence-electron chi connectivity index (χ2n) is 5.01. The molecule has 0 aliphatic carbocycles. The van der Waals surface area contributed by atoms with E-state index in [9.17, 15) is 0 Å². The van der Waals surface area contributed by atoms with Crippen LogP contribution in [0.25, 0.3) is 4.85 Å². The summed E-state index contributed by atoms with van der Waals surface area (Å²) in [5.41, 5.74) is 4.03. The van der Waals surface area contributed by atoms with E-state index in [-0.39, 0.29) is 0 Å². The largest absolute Gasteiger partial charge is 0.275 e. The molecule has 0 saturated carbocycles. The fraction of sp³-hybridized carbons (Fsp3) is 0.118. The van der Waals surface area contributed by atoms with E-state index >= 15 is 0 Å². The van der Waals surface area contributed by atoms with Crippen molar-refractivity contribution < 1.29 is 0 Å². The molecule has 0 fully saturated rings. The molecule has 5 heteroatoms. The van der Waals surface area contributed by atoms with Crippen LogP contribution in [-0.4, -0.2) is 14.9 Å². The van der Waals surface area contributed by atoms with Crippen molar-refractivity contribution in [1.29, 1.82) is 0 Å². The summed E-state index contributed by atoms with van der Waals surface area (Å²) >= 11 is 0. The molecular formula is C17H15N5. The first kappa shape index (κ1) is 13.8. The third-order valence-electron chi connectivity index (χ3n) is 3.42. The molecule has 0 saturated heterocycles. The molecule has 2 aromatic carbocycles. The smallest absolute Gasteiger partial charge is 0.187 e. The Bertz CT molecular complexity index is 767. The second kappa shape index (κ2) is 6.10. The Morgan fingerprint density at radius 2 is 1.64 bits per heavy atom. The number of hydrogen-bond donors (Lipinski definition) is 0. The standard InChI is InChI=1S/C17H15N5/c1-14-3-5-15(6-4-14)11-22(21-12-19-20-13-21)17-9-7-16(18-2)8-10-17/h3-10,12-13H,11H2,1H3. The van der Waals surface area contributed by atoms with Crippen molar-refractivity contribution in [1.82, 2.24) is 14.9 Å². The first-order valence-electron chi connectivity index (χ1n) is 6.92. The van der Waals surface area contributed by atoms with E-state index in [0.29, 0.717) is 12.2 Å². The van der Waals surface area contributed by atoms with Crippen LogP contribution in [0.2, 0.25) is 0 Å². The highest BCUT2D eigenvalue weighted by Gasteiger charge is 2.10. The lowest BCUT2D eigenvalue weighted by atomic mass is 10.1. The summed E-state index contributed by atoms with van der Waals surface area (Å²) in [7, 11) is 0. The van der Waals surface area contributed by atoms with Gasteiger partial charge in [-0.15, -0.1) is 10.2 Å². The van der Waals surface area contributed by atoms with E-state index < -0.39 is 0 Å². The van der Waals surface area contributed by atoms with Crippen LogP contribution in [0.5, 0.6) is 0 Å². The van der Waals surface area contributed by atoms with Gasteiger partial charge in [-0.25, -0.2) is 9.52 Å². The molecule has 0 radical (unpaired) electrons. The molecule has 5 nitrogen and oxygen atoms in total. The predicted molar refractivity (Wildman–Crippen MR) is 85.5 cm³/mol. The normalized spacial score (nSPS) is 10.2. The van der Waals surface area contributed by atoms with Crippen LogP contribution < -0.4 is 5.01 Å². The van der Waals surface area contributed by atoms with Gasteiger partial charge >= 0.3 is 0 Å². The van der Waals surface area contributed by atoms with E-state index in [1.807, 2.05) is 28.9 Å². The fourth-order valence-electron chi connectivity index (χ4n) is 2.19. The molecule has 0 bridgehead atoms. The zero-order valence-corrected chi connectivity index (χ0v) is 12.2. The first-order valence-corrected chi connectivity index (χ1v) is 6.92. The van der Waals surface area contributed by atoms with Crippen LogP contribution >= 0.6 is 0 Å². The zero-order chi connectivity index (χ0) is 15.4. The predicted octanol–water partition coefficient (Wildman–Crippen LogP) is 3.61. The topological polar surface area (TPSA) is 38.3 Å². The molecule has 22 heavy (non-hydrogen) atoms. The molecular weight excluding hydrogens is 274 g/mol. The van der Waals surface area contributed by atoms with Gasteiger partial charge in [-0.1, -0.05) is 42.0 Å². The van der Waals surface area contributed by atoms with Gasteiger partial charge in [0.25, 0.3) is 0 Å². The van der Waals surface area contributed by atoms with Gasteiger partial charge in [0.05, 0.1) is 18.8 Å². The number of nitrogens with zero attached hydrogens (tertiary/aromatic N) is 5. The summed E-state index contributed by atoms with van der Waals surface area (Å²) in [6.07, 6.45) is 3.33. The molecule has 0 spiro atoms. The lowest BCUT2D eigenvalue weighted by Gasteiger charge is -2.25. The van der Waals surface area contributed by atoms with Crippen LogP contribution in [0.4, 0.5) is 11.4 Å². The van der Waals surface area contributed by atoms with Gasteiger partial charge in [0, 0.05) is 0 Å². The molecule has 0 amide bonds. The van der Waals surface area contributed by atoms with Crippen molar-refractivity contribution in [3.05, 3.63) is 83.7 Å². The molecule has 0 aliphatic rings. The first-order chi connectivity index (χ1) is 10.8. The molecule has 0 unspecified atom stereocenters. The molecule has 3 aromatic rings.